The van der Waals surface area contributed by atoms with Crippen LogP contribution in [0.4, 0.5) is 13.6 Å². The maximum absolute atomic E-state index is 14.0. The second-order valence-electron chi connectivity index (χ2n) is 10.7. The average Bonchev–Trinajstić information content (AvgIpc) is 3.43. The van der Waals surface area contributed by atoms with Gasteiger partial charge in [0.05, 0.1) is 25.4 Å². The van der Waals surface area contributed by atoms with E-state index in [-0.39, 0.29) is 24.9 Å². The minimum absolute atomic E-state index is 0.0464. The van der Waals surface area contributed by atoms with E-state index in [4.69, 9.17) is 9.47 Å². The van der Waals surface area contributed by atoms with Gasteiger partial charge in [-0.3, -0.25) is 4.79 Å². The molecule has 1 aliphatic heterocycles. The first-order valence-corrected chi connectivity index (χ1v) is 14.6. The van der Waals surface area contributed by atoms with Gasteiger partial charge < -0.3 is 35.8 Å². The molecule has 11 heteroatoms. The van der Waals surface area contributed by atoms with E-state index in [9.17, 15) is 23.5 Å². The first-order valence-electron chi connectivity index (χ1n) is 14.6. The van der Waals surface area contributed by atoms with Crippen LogP contribution >= 0.6 is 0 Å². The van der Waals surface area contributed by atoms with Gasteiger partial charge in [-0.2, -0.15) is 0 Å². The SMILES string of the molecule is CCCCC1(C[C@@H](NC(=O)NC)C(=O)N[C@@H](Cc2cc(F)cc(F)c2)[C@H](O)CNCc2cccc(CC)c2)OCCO1. The van der Waals surface area contributed by atoms with Gasteiger partial charge in [0.1, 0.15) is 17.7 Å². The molecular formula is C31H44F2N4O5. The Morgan fingerprint density at radius 2 is 1.69 bits per heavy atom. The molecule has 1 aliphatic rings. The molecule has 0 bridgehead atoms. The highest BCUT2D eigenvalue weighted by Gasteiger charge is 2.41. The molecule has 42 heavy (non-hydrogen) atoms. The summed E-state index contributed by atoms with van der Waals surface area (Å²) >= 11 is 0. The molecular weight excluding hydrogens is 546 g/mol. The van der Waals surface area contributed by atoms with Gasteiger partial charge in [0.2, 0.25) is 5.91 Å². The Balaban J connectivity index is 1.78. The Hall–Kier alpha value is -3.12. The van der Waals surface area contributed by atoms with Crippen molar-refractivity contribution in [3.05, 3.63) is 70.8 Å². The Bertz CT molecular complexity index is 1140. The number of hydrogen-bond acceptors (Lipinski definition) is 6. The number of amides is 3. The molecule has 3 amide bonds. The first-order chi connectivity index (χ1) is 20.2. The van der Waals surface area contributed by atoms with E-state index >= 15 is 0 Å². The number of unbranched alkanes of at least 4 members (excludes halogenated alkanes) is 1. The smallest absolute Gasteiger partial charge is 0.315 e. The van der Waals surface area contributed by atoms with Crippen molar-refractivity contribution in [2.75, 3.05) is 26.8 Å². The molecule has 3 rings (SSSR count). The molecule has 1 heterocycles. The molecule has 3 atom stereocenters. The highest BCUT2D eigenvalue weighted by molar-refractivity contribution is 5.87. The number of benzene rings is 2. The van der Waals surface area contributed by atoms with Crippen LogP contribution in [0.3, 0.4) is 0 Å². The summed E-state index contributed by atoms with van der Waals surface area (Å²) in [6, 6.07) is 8.59. The number of carbonyl (C=O) groups excluding carboxylic acids is 2. The third-order valence-electron chi connectivity index (χ3n) is 7.34. The van der Waals surface area contributed by atoms with Crippen LogP contribution in [0.2, 0.25) is 0 Å². The van der Waals surface area contributed by atoms with E-state index in [1.165, 1.54) is 24.7 Å². The molecule has 9 nitrogen and oxygen atoms in total. The van der Waals surface area contributed by atoms with Crippen LogP contribution in [0, 0.1) is 11.6 Å². The Kier molecular flexibility index (Phi) is 13.1. The van der Waals surface area contributed by atoms with Crippen molar-refractivity contribution >= 4 is 11.9 Å². The van der Waals surface area contributed by atoms with E-state index in [0.29, 0.717) is 26.2 Å². The van der Waals surface area contributed by atoms with Gasteiger partial charge in [-0.15, -0.1) is 0 Å². The average molecular weight is 591 g/mol. The van der Waals surface area contributed by atoms with Crippen LogP contribution in [0.1, 0.15) is 56.2 Å². The lowest BCUT2D eigenvalue weighted by Gasteiger charge is -2.33. The second kappa shape index (κ2) is 16.5. The maximum Gasteiger partial charge on any atom is 0.315 e. The van der Waals surface area contributed by atoms with Crippen molar-refractivity contribution in [1.29, 1.82) is 0 Å². The van der Waals surface area contributed by atoms with Crippen LogP contribution < -0.4 is 21.3 Å². The van der Waals surface area contributed by atoms with Crippen molar-refractivity contribution < 1.29 is 33.0 Å². The van der Waals surface area contributed by atoms with Gasteiger partial charge in [-0.05, 0) is 48.1 Å². The fourth-order valence-electron chi connectivity index (χ4n) is 5.07. The van der Waals surface area contributed by atoms with Gasteiger partial charge in [-0.1, -0.05) is 44.5 Å². The number of halogens is 2. The number of hydrogen-bond donors (Lipinski definition) is 5. The van der Waals surface area contributed by atoms with E-state index in [2.05, 4.69) is 34.3 Å². The Morgan fingerprint density at radius 1 is 1.00 bits per heavy atom. The minimum Gasteiger partial charge on any atom is -0.390 e. The number of nitrogens with one attached hydrogen (secondary N) is 4. The number of aryl methyl sites for hydroxylation is 1. The molecule has 1 fully saturated rings. The monoisotopic (exact) mass is 590 g/mol. The van der Waals surface area contributed by atoms with Crippen molar-refractivity contribution in [2.45, 2.75) is 82.9 Å². The van der Waals surface area contributed by atoms with E-state index in [0.717, 1.165) is 30.9 Å². The van der Waals surface area contributed by atoms with Gasteiger partial charge in [0.15, 0.2) is 5.79 Å². The fraction of sp³-hybridized carbons (Fsp3) is 0.548. The molecule has 0 spiro atoms. The standard InChI is InChI=1S/C31H44F2N4O5/c1-4-6-10-31(41-11-12-42-31)18-27(37-30(40)34-3)29(39)36-26(16-23-14-24(32)17-25(33)15-23)28(38)20-35-19-22-9-7-8-21(5-2)13-22/h7-9,13-15,17,26-28,35,38H,4-6,10-12,16,18-20H2,1-3H3,(H,36,39)(H2,34,37,40)/t26-,27+,28+/m0/s1. The summed E-state index contributed by atoms with van der Waals surface area (Å²) in [6.45, 7) is 5.43. The lowest BCUT2D eigenvalue weighted by Crippen LogP contribution is -2.57. The van der Waals surface area contributed by atoms with Crippen molar-refractivity contribution in [1.82, 2.24) is 21.3 Å². The van der Waals surface area contributed by atoms with Crippen molar-refractivity contribution in [2.24, 2.45) is 0 Å². The number of carbonyl (C=O) groups is 2. The molecule has 2 aromatic rings. The zero-order valence-corrected chi connectivity index (χ0v) is 24.7. The molecule has 0 aliphatic carbocycles. The van der Waals surface area contributed by atoms with Gasteiger partial charge >= 0.3 is 6.03 Å². The van der Waals surface area contributed by atoms with Gasteiger partial charge in [0.25, 0.3) is 0 Å². The van der Waals surface area contributed by atoms with Crippen LogP contribution in [0.25, 0.3) is 0 Å². The van der Waals surface area contributed by atoms with Crippen LogP contribution in [0.5, 0.6) is 0 Å². The number of aliphatic hydroxyl groups is 1. The van der Waals surface area contributed by atoms with Crippen LogP contribution in [-0.4, -0.2) is 67.8 Å². The predicted molar refractivity (Wildman–Crippen MR) is 156 cm³/mol. The summed E-state index contributed by atoms with van der Waals surface area (Å²) in [6.07, 6.45) is 2.01. The summed E-state index contributed by atoms with van der Waals surface area (Å²) in [7, 11) is 1.44. The molecule has 232 valence electrons. The molecule has 1 saturated heterocycles. The lowest BCUT2D eigenvalue weighted by atomic mass is 9.97. The number of ether oxygens (including phenoxy) is 2. The quantitative estimate of drug-likeness (QED) is 0.205. The summed E-state index contributed by atoms with van der Waals surface area (Å²) in [5.41, 5.74) is 2.50. The number of rotatable bonds is 16. The first kappa shape index (κ1) is 33.4. The van der Waals surface area contributed by atoms with E-state index in [1.54, 1.807) is 0 Å². The van der Waals surface area contributed by atoms with Crippen LogP contribution in [-0.2, 0) is 33.7 Å². The van der Waals surface area contributed by atoms with E-state index < -0.39 is 47.5 Å². The van der Waals surface area contributed by atoms with Gasteiger partial charge in [0, 0.05) is 39.0 Å². The summed E-state index contributed by atoms with van der Waals surface area (Å²) in [5.74, 6) is -3.13. The summed E-state index contributed by atoms with van der Waals surface area (Å²) in [4.78, 5) is 26.0. The van der Waals surface area contributed by atoms with Crippen molar-refractivity contribution in [3.63, 3.8) is 0 Å². The summed E-state index contributed by atoms with van der Waals surface area (Å²) in [5, 5.41) is 22.3. The highest BCUT2D eigenvalue weighted by atomic mass is 19.1. The molecule has 5 N–H and O–H groups in total. The second-order valence-corrected chi connectivity index (χ2v) is 10.7. The fourth-order valence-corrected chi connectivity index (χ4v) is 5.07. The topological polar surface area (TPSA) is 121 Å². The summed E-state index contributed by atoms with van der Waals surface area (Å²) < 4.78 is 39.8. The van der Waals surface area contributed by atoms with Gasteiger partial charge in [-0.25, -0.2) is 13.6 Å². The predicted octanol–water partition coefficient (Wildman–Crippen LogP) is 3.33. The zero-order valence-electron chi connectivity index (χ0n) is 24.7. The zero-order chi connectivity index (χ0) is 30.5. The number of urea groups is 1. The normalized spacial score (nSPS) is 16.4. The third-order valence-corrected chi connectivity index (χ3v) is 7.34. The van der Waals surface area contributed by atoms with Crippen molar-refractivity contribution in [3.8, 4) is 0 Å². The van der Waals surface area contributed by atoms with Crippen LogP contribution in [0.15, 0.2) is 42.5 Å². The Morgan fingerprint density at radius 3 is 2.33 bits per heavy atom. The molecule has 0 aromatic heterocycles. The van der Waals surface area contributed by atoms with E-state index in [1.807, 2.05) is 25.1 Å². The largest absolute Gasteiger partial charge is 0.390 e. The lowest BCUT2D eigenvalue weighted by molar-refractivity contribution is -0.174. The molecule has 0 saturated carbocycles. The third kappa shape index (κ3) is 10.3. The minimum atomic E-state index is -1.12. The molecule has 2 aromatic carbocycles. The molecule has 0 radical (unpaired) electrons. The Labute approximate surface area is 246 Å². The number of aliphatic hydroxyl groups excluding tert-OH is 1. The molecule has 0 unspecified atom stereocenters. The highest BCUT2D eigenvalue weighted by Crippen LogP contribution is 2.31. The maximum atomic E-state index is 14.0.